The Morgan fingerprint density at radius 2 is 2.19 bits per heavy atom. The van der Waals surface area contributed by atoms with Gasteiger partial charge in [-0.05, 0) is 51.4 Å². The molecule has 1 aromatic rings. The van der Waals surface area contributed by atoms with E-state index in [1.807, 2.05) is 0 Å². The molecule has 0 amide bonds. The Bertz CT molecular complexity index is 487. The first-order valence-electron chi connectivity index (χ1n) is 7.92. The minimum atomic E-state index is 0.615. The summed E-state index contributed by atoms with van der Waals surface area (Å²) in [5, 5.41) is 4.30. The number of likely N-dealkylation sites (N-methyl/N-ethyl adjacent to an activating group) is 1. The average Bonchev–Trinajstić information content (AvgIpc) is 3.31. The van der Waals surface area contributed by atoms with E-state index in [-0.39, 0.29) is 0 Å². The summed E-state index contributed by atoms with van der Waals surface area (Å²) in [5.41, 5.74) is 1.17. The van der Waals surface area contributed by atoms with Crippen LogP contribution in [0.1, 0.15) is 31.2 Å². The average molecular weight is 309 g/mol. The van der Waals surface area contributed by atoms with Crippen molar-refractivity contribution in [3.8, 4) is 0 Å². The molecule has 4 nitrogen and oxygen atoms in total. The third-order valence-corrected chi connectivity index (χ3v) is 4.87. The molecule has 0 aromatic carbocycles. The van der Waals surface area contributed by atoms with Crippen molar-refractivity contribution in [2.45, 2.75) is 44.3 Å². The summed E-state index contributed by atoms with van der Waals surface area (Å²) in [6, 6.07) is 3.48. The molecule has 21 heavy (non-hydrogen) atoms. The van der Waals surface area contributed by atoms with Crippen LogP contribution >= 0.6 is 11.6 Å². The number of pyridine rings is 1. The molecule has 1 atom stereocenters. The standard InChI is InChI=1S/C16H25ClN4/c1-20(2)14-4-3-7-21(11-14)16-8-12(15(17)10-19-16)9-18-13-5-6-13/h8,10,13-14,18H,3-7,9,11H2,1-2H3. The van der Waals surface area contributed by atoms with E-state index in [0.717, 1.165) is 30.5 Å². The first-order valence-corrected chi connectivity index (χ1v) is 8.30. The lowest BCUT2D eigenvalue weighted by Crippen LogP contribution is -2.45. The zero-order valence-corrected chi connectivity index (χ0v) is 13.7. The van der Waals surface area contributed by atoms with Gasteiger partial charge in [0.15, 0.2) is 0 Å². The largest absolute Gasteiger partial charge is 0.355 e. The number of nitrogens with zero attached hydrogens (tertiary/aromatic N) is 3. The second-order valence-electron chi connectivity index (χ2n) is 6.49. The normalized spacial score (nSPS) is 22.9. The number of piperidine rings is 1. The second-order valence-corrected chi connectivity index (χ2v) is 6.90. The van der Waals surface area contributed by atoms with E-state index in [2.05, 4.69) is 40.3 Å². The maximum atomic E-state index is 6.29. The monoisotopic (exact) mass is 308 g/mol. The molecule has 1 saturated carbocycles. The van der Waals surface area contributed by atoms with Crippen molar-refractivity contribution in [3.05, 3.63) is 22.8 Å². The molecule has 116 valence electrons. The third kappa shape index (κ3) is 3.87. The molecule has 3 rings (SSSR count). The Kier molecular flexibility index (Phi) is 4.67. The summed E-state index contributed by atoms with van der Waals surface area (Å²) in [4.78, 5) is 9.26. The smallest absolute Gasteiger partial charge is 0.128 e. The SMILES string of the molecule is CN(C)C1CCCN(c2cc(CNC3CC3)c(Cl)cn2)C1. The van der Waals surface area contributed by atoms with E-state index >= 15 is 0 Å². The van der Waals surface area contributed by atoms with Gasteiger partial charge < -0.3 is 15.1 Å². The van der Waals surface area contributed by atoms with Gasteiger partial charge in [0.25, 0.3) is 0 Å². The quantitative estimate of drug-likeness (QED) is 0.906. The van der Waals surface area contributed by atoms with Gasteiger partial charge in [-0.1, -0.05) is 11.6 Å². The van der Waals surface area contributed by atoms with Gasteiger partial charge in [0.1, 0.15) is 5.82 Å². The number of aromatic nitrogens is 1. The van der Waals surface area contributed by atoms with Crippen LogP contribution in [-0.4, -0.2) is 49.2 Å². The Labute approximate surface area is 132 Å². The van der Waals surface area contributed by atoms with Crippen LogP contribution < -0.4 is 10.2 Å². The Morgan fingerprint density at radius 1 is 1.38 bits per heavy atom. The molecule has 2 fully saturated rings. The van der Waals surface area contributed by atoms with E-state index in [9.17, 15) is 0 Å². The fourth-order valence-corrected chi connectivity index (χ4v) is 3.07. The van der Waals surface area contributed by atoms with Crippen LogP contribution in [0.15, 0.2) is 12.3 Å². The summed E-state index contributed by atoms with van der Waals surface area (Å²) in [6.45, 7) is 3.00. The highest BCUT2D eigenvalue weighted by molar-refractivity contribution is 6.31. The number of hydrogen-bond donors (Lipinski definition) is 1. The minimum Gasteiger partial charge on any atom is -0.355 e. The Balaban J connectivity index is 1.70. The van der Waals surface area contributed by atoms with E-state index in [4.69, 9.17) is 11.6 Å². The molecule has 1 aliphatic carbocycles. The Hall–Kier alpha value is -0.840. The summed E-state index contributed by atoms with van der Waals surface area (Å²) in [7, 11) is 4.32. The molecule has 1 aromatic heterocycles. The van der Waals surface area contributed by atoms with Crippen molar-refractivity contribution in [2.75, 3.05) is 32.1 Å². The van der Waals surface area contributed by atoms with Gasteiger partial charge in [-0.2, -0.15) is 0 Å². The molecule has 0 bridgehead atoms. The van der Waals surface area contributed by atoms with Crippen LogP contribution in [0.3, 0.4) is 0 Å². The van der Waals surface area contributed by atoms with E-state index < -0.39 is 0 Å². The minimum absolute atomic E-state index is 0.615. The number of halogens is 1. The number of anilines is 1. The predicted molar refractivity (Wildman–Crippen MR) is 88.0 cm³/mol. The number of nitrogens with one attached hydrogen (secondary N) is 1. The molecule has 1 aliphatic heterocycles. The van der Waals surface area contributed by atoms with Crippen molar-refractivity contribution in [3.63, 3.8) is 0 Å². The van der Waals surface area contributed by atoms with E-state index in [0.29, 0.717) is 12.1 Å². The second kappa shape index (κ2) is 6.51. The third-order valence-electron chi connectivity index (χ3n) is 4.53. The predicted octanol–water partition coefficient (Wildman–Crippen LogP) is 2.52. The molecule has 1 N–H and O–H groups in total. The first kappa shape index (κ1) is 15.1. The summed E-state index contributed by atoms with van der Waals surface area (Å²) >= 11 is 6.29. The molecule has 2 aliphatic rings. The maximum Gasteiger partial charge on any atom is 0.128 e. The zero-order chi connectivity index (χ0) is 14.8. The van der Waals surface area contributed by atoms with Crippen molar-refractivity contribution < 1.29 is 0 Å². The maximum absolute atomic E-state index is 6.29. The van der Waals surface area contributed by atoms with E-state index in [1.165, 1.54) is 31.2 Å². The van der Waals surface area contributed by atoms with Crippen LogP contribution in [0.2, 0.25) is 5.02 Å². The van der Waals surface area contributed by atoms with Crippen LogP contribution in [0.25, 0.3) is 0 Å². The van der Waals surface area contributed by atoms with Crippen LogP contribution in [-0.2, 0) is 6.54 Å². The van der Waals surface area contributed by atoms with E-state index in [1.54, 1.807) is 6.20 Å². The molecule has 0 spiro atoms. The molecular weight excluding hydrogens is 284 g/mol. The lowest BCUT2D eigenvalue weighted by Gasteiger charge is -2.37. The zero-order valence-electron chi connectivity index (χ0n) is 13.0. The summed E-state index contributed by atoms with van der Waals surface area (Å²) in [5.74, 6) is 1.07. The van der Waals surface area contributed by atoms with Crippen molar-refractivity contribution in [1.29, 1.82) is 0 Å². The fraction of sp³-hybridized carbons (Fsp3) is 0.688. The van der Waals surface area contributed by atoms with Gasteiger partial charge in [-0.3, -0.25) is 0 Å². The molecule has 5 heteroatoms. The summed E-state index contributed by atoms with van der Waals surface area (Å²) in [6.07, 6.45) is 6.90. The van der Waals surface area contributed by atoms with Gasteiger partial charge in [0.2, 0.25) is 0 Å². The lowest BCUT2D eigenvalue weighted by molar-refractivity contribution is 0.257. The lowest BCUT2D eigenvalue weighted by atomic mass is 10.0. The van der Waals surface area contributed by atoms with Crippen LogP contribution in [0, 0.1) is 0 Å². The Morgan fingerprint density at radius 3 is 2.90 bits per heavy atom. The molecule has 1 saturated heterocycles. The van der Waals surface area contributed by atoms with Gasteiger partial charge in [-0.15, -0.1) is 0 Å². The van der Waals surface area contributed by atoms with Crippen LogP contribution in [0.4, 0.5) is 5.82 Å². The molecule has 0 radical (unpaired) electrons. The van der Waals surface area contributed by atoms with Crippen molar-refractivity contribution in [2.24, 2.45) is 0 Å². The van der Waals surface area contributed by atoms with Crippen molar-refractivity contribution in [1.82, 2.24) is 15.2 Å². The highest BCUT2D eigenvalue weighted by atomic mass is 35.5. The first-order chi connectivity index (χ1) is 10.1. The highest BCUT2D eigenvalue weighted by Crippen LogP contribution is 2.25. The van der Waals surface area contributed by atoms with Gasteiger partial charge in [0, 0.05) is 37.9 Å². The van der Waals surface area contributed by atoms with Gasteiger partial charge in [0.05, 0.1) is 5.02 Å². The number of rotatable bonds is 5. The highest BCUT2D eigenvalue weighted by Gasteiger charge is 2.23. The number of hydrogen-bond acceptors (Lipinski definition) is 4. The molecule has 1 unspecified atom stereocenters. The molecule has 2 heterocycles. The summed E-state index contributed by atoms with van der Waals surface area (Å²) < 4.78 is 0. The molecular formula is C16H25ClN4. The topological polar surface area (TPSA) is 31.4 Å². The van der Waals surface area contributed by atoms with Gasteiger partial charge in [-0.25, -0.2) is 4.98 Å². The van der Waals surface area contributed by atoms with Gasteiger partial charge >= 0.3 is 0 Å². The van der Waals surface area contributed by atoms with Crippen molar-refractivity contribution >= 4 is 17.4 Å². The fourth-order valence-electron chi connectivity index (χ4n) is 2.90. The van der Waals surface area contributed by atoms with Crippen LogP contribution in [0.5, 0.6) is 0 Å².